The van der Waals surface area contributed by atoms with Crippen LogP contribution in [0, 0.1) is 11.8 Å². The molecule has 196 valence electrons. The molecule has 0 bridgehead atoms. The van der Waals surface area contributed by atoms with Gasteiger partial charge in [-0.1, -0.05) is 6.07 Å². The van der Waals surface area contributed by atoms with Crippen molar-refractivity contribution in [2.75, 3.05) is 39.8 Å². The van der Waals surface area contributed by atoms with Crippen LogP contribution in [0.1, 0.15) is 36.8 Å². The molecule has 1 aromatic heterocycles. The van der Waals surface area contributed by atoms with Crippen molar-refractivity contribution in [3.63, 3.8) is 0 Å². The number of halogens is 3. The van der Waals surface area contributed by atoms with E-state index in [4.69, 9.17) is 4.74 Å². The molecule has 3 heterocycles. The van der Waals surface area contributed by atoms with Gasteiger partial charge in [0.2, 0.25) is 5.91 Å². The average molecular weight is 505 g/mol. The Kier molecular flexibility index (Phi) is 8.85. The first-order valence-corrected chi connectivity index (χ1v) is 12.7. The zero-order valence-electron chi connectivity index (χ0n) is 20.7. The Balaban J connectivity index is 1.37. The minimum absolute atomic E-state index is 0.0202. The Bertz CT molecular complexity index is 988. The summed E-state index contributed by atoms with van der Waals surface area (Å²) in [6.45, 7) is 4.04. The first-order valence-electron chi connectivity index (χ1n) is 12.7. The Labute approximate surface area is 210 Å². The Morgan fingerprint density at radius 3 is 2.72 bits per heavy atom. The lowest BCUT2D eigenvalue weighted by atomic mass is 9.88. The number of hydrogen-bond donors (Lipinski definition) is 1. The quantitative estimate of drug-likeness (QED) is 0.554. The lowest BCUT2D eigenvalue weighted by Gasteiger charge is -2.37. The number of likely N-dealkylation sites (tertiary alicyclic amines) is 2. The van der Waals surface area contributed by atoms with E-state index in [0.29, 0.717) is 38.6 Å². The number of nitrogens with zero attached hydrogens (tertiary/aromatic N) is 3. The van der Waals surface area contributed by atoms with Crippen molar-refractivity contribution < 1.29 is 22.7 Å². The molecule has 6 nitrogen and oxygen atoms in total. The third kappa shape index (κ3) is 7.43. The summed E-state index contributed by atoms with van der Waals surface area (Å²) in [7, 11) is 2.13. The highest BCUT2D eigenvalue weighted by Crippen LogP contribution is 2.32. The van der Waals surface area contributed by atoms with Crippen molar-refractivity contribution in [3.05, 3.63) is 59.9 Å². The number of pyridine rings is 1. The van der Waals surface area contributed by atoms with Crippen LogP contribution in [0.4, 0.5) is 13.2 Å². The number of ether oxygens (including phenoxy) is 1. The first kappa shape index (κ1) is 26.4. The van der Waals surface area contributed by atoms with E-state index in [2.05, 4.69) is 27.1 Å². The molecule has 0 radical (unpaired) electrons. The second-order valence-electron chi connectivity index (χ2n) is 10.0. The number of rotatable bonds is 9. The zero-order chi connectivity index (χ0) is 25.5. The van der Waals surface area contributed by atoms with Crippen molar-refractivity contribution >= 4 is 5.91 Å². The number of amides is 1. The highest BCUT2D eigenvalue weighted by molar-refractivity contribution is 5.79. The maximum absolute atomic E-state index is 13.1. The molecule has 2 saturated heterocycles. The number of benzene rings is 1. The summed E-state index contributed by atoms with van der Waals surface area (Å²) in [4.78, 5) is 21.8. The van der Waals surface area contributed by atoms with Gasteiger partial charge in [-0.25, -0.2) is 0 Å². The number of carbonyl (C=O) groups is 1. The summed E-state index contributed by atoms with van der Waals surface area (Å²) in [5.74, 6) is 0.0563. The Morgan fingerprint density at radius 2 is 2.00 bits per heavy atom. The maximum Gasteiger partial charge on any atom is 0.416 e. The fourth-order valence-electron chi connectivity index (χ4n) is 5.32. The second-order valence-corrected chi connectivity index (χ2v) is 10.0. The van der Waals surface area contributed by atoms with Crippen LogP contribution >= 0.6 is 0 Å². The molecule has 2 aromatic rings. The summed E-state index contributed by atoms with van der Waals surface area (Å²) in [6.07, 6.45) is 3.04. The van der Waals surface area contributed by atoms with Crippen molar-refractivity contribution in [1.82, 2.24) is 20.1 Å². The van der Waals surface area contributed by atoms with Crippen molar-refractivity contribution in [2.24, 2.45) is 11.8 Å². The summed E-state index contributed by atoms with van der Waals surface area (Å²) < 4.78 is 45.0. The van der Waals surface area contributed by atoms with Gasteiger partial charge in [-0.3, -0.25) is 14.7 Å². The van der Waals surface area contributed by atoms with Crippen molar-refractivity contribution in [2.45, 2.75) is 44.4 Å². The molecular formula is C27H35F3N4O2. The van der Waals surface area contributed by atoms with Crippen molar-refractivity contribution in [1.29, 1.82) is 0 Å². The molecule has 0 spiro atoms. The Morgan fingerprint density at radius 1 is 1.19 bits per heavy atom. The van der Waals surface area contributed by atoms with Crippen LogP contribution in [0.5, 0.6) is 5.75 Å². The Hall–Kier alpha value is -2.65. The average Bonchev–Trinajstić information content (AvgIpc) is 3.27. The molecule has 3 atom stereocenters. The van der Waals surface area contributed by atoms with Gasteiger partial charge in [0, 0.05) is 50.5 Å². The largest absolute Gasteiger partial charge is 0.493 e. The SMILES string of the molecule is CN1CCCC1CCNC(=O)[C@@H]1C[C@H](COc2cccc(C(F)(F)F)c2)CN(Cc2ccncc2)C1. The molecule has 1 aromatic carbocycles. The van der Waals surface area contributed by atoms with E-state index in [1.807, 2.05) is 12.1 Å². The van der Waals surface area contributed by atoms with Gasteiger partial charge >= 0.3 is 6.18 Å². The van der Waals surface area contributed by atoms with E-state index in [1.54, 1.807) is 12.4 Å². The van der Waals surface area contributed by atoms with Crippen LogP contribution in [-0.4, -0.2) is 66.6 Å². The highest BCUT2D eigenvalue weighted by atomic mass is 19.4. The fraction of sp³-hybridized carbons (Fsp3) is 0.556. The minimum atomic E-state index is -4.41. The molecule has 1 unspecified atom stereocenters. The van der Waals surface area contributed by atoms with Gasteiger partial charge in [0.15, 0.2) is 0 Å². The van der Waals surface area contributed by atoms with Gasteiger partial charge in [0.05, 0.1) is 18.1 Å². The summed E-state index contributed by atoms with van der Waals surface area (Å²) in [5.41, 5.74) is 0.376. The van der Waals surface area contributed by atoms with Crippen LogP contribution < -0.4 is 10.1 Å². The molecule has 36 heavy (non-hydrogen) atoms. The molecule has 2 aliphatic rings. The first-order chi connectivity index (χ1) is 17.3. The van der Waals surface area contributed by atoms with E-state index in [-0.39, 0.29) is 30.1 Å². The van der Waals surface area contributed by atoms with E-state index in [0.717, 1.165) is 30.7 Å². The van der Waals surface area contributed by atoms with Crippen LogP contribution in [0.3, 0.4) is 0 Å². The third-order valence-electron chi connectivity index (χ3n) is 7.23. The maximum atomic E-state index is 13.1. The van der Waals surface area contributed by atoms with Gasteiger partial charge in [0.1, 0.15) is 5.75 Å². The van der Waals surface area contributed by atoms with Gasteiger partial charge in [-0.15, -0.1) is 0 Å². The minimum Gasteiger partial charge on any atom is -0.493 e. The molecule has 0 aliphatic carbocycles. The number of nitrogens with one attached hydrogen (secondary N) is 1. The lowest BCUT2D eigenvalue weighted by molar-refractivity contribution is -0.137. The van der Waals surface area contributed by atoms with E-state index in [1.165, 1.54) is 25.0 Å². The summed E-state index contributed by atoms with van der Waals surface area (Å²) >= 11 is 0. The second kappa shape index (κ2) is 12.1. The fourth-order valence-corrected chi connectivity index (χ4v) is 5.32. The highest BCUT2D eigenvalue weighted by Gasteiger charge is 2.33. The van der Waals surface area contributed by atoms with E-state index in [9.17, 15) is 18.0 Å². The molecule has 1 N–H and O–H groups in total. The standard InChI is InChI=1S/C27H35F3N4O2/c1-33-13-3-5-24(33)9-12-32-26(35)22-14-21(17-34(18-22)16-20-7-10-31-11-8-20)19-36-25-6-2-4-23(15-25)27(28,29)30/h2,4,6-8,10-11,15,21-22,24H,3,5,9,12-14,16-19H2,1H3,(H,32,35)/t21-,22+,24?/m0/s1. The van der Waals surface area contributed by atoms with Crippen molar-refractivity contribution in [3.8, 4) is 5.75 Å². The zero-order valence-corrected chi connectivity index (χ0v) is 20.7. The lowest BCUT2D eigenvalue weighted by Crippen LogP contribution is -2.47. The number of carbonyl (C=O) groups excluding carboxylic acids is 1. The molecule has 0 saturated carbocycles. The smallest absolute Gasteiger partial charge is 0.416 e. The third-order valence-corrected chi connectivity index (χ3v) is 7.23. The summed E-state index contributed by atoms with van der Waals surface area (Å²) in [5, 5.41) is 3.13. The topological polar surface area (TPSA) is 57.7 Å². The van der Waals surface area contributed by atoms with Crippen LogP contribution in [0.15, 0.2) is 48.8 Å². The monoisotopic (exact) mass is 504 g/mol. The van der Waals surface area contributed by atoms with E-state index < -0.39 is 11.7 Å². The van der Waals surface area contributed by atoms with Crippen LogP contribution in [0.25, 0.3) is 0 Å². The molecule has 9 heteroatoms. The van der Waals surface area contributed by atoms with Gasteiger partial charge in [-0.2, -0.15) is 13.2 Å². The molecule has 1 amide bonds. The predicted octanol–water partition coefficient (Wildman–Crippen LogP) is 4.22. The molecule has 4 rings (SSSR count). The summed E-state index contributed by atoms with van der Waals surface area (Å²) in [6, 6.07) is 9.39. The normalized spacial score (nSPS) is 23.5. The number of alkyl halides is 3. The van der Waals surface area contributed by atoms with E-state index >= 15 is 0 Å². The predicted molar refractivity (Wildman–Crippen MR) is 131 cm³/mol. The molecule has 2 fully saturated rings. The molecular weight excluding hydrogens is 469 g/mol. The van der Waals surface area contributed by atoms with Crippen LogP contribution in [0.2, 0.25) is 0 Å². The number of piperidine rings is 1. The van der Waals surface area contributed by atoms with Gasteiger partial charge in [0.25, 0.3) is 0 Å². The number of aromatic nitrogens is 1. The van der Waals surface area contributed by atoms with Crippen LogP contribution in [-0.2, 0) is 17.5 Å². The van der Waals surface area contributed by atoms with Gasteiger partial charge < -0.3 is 15.0 Å². The number of hydrogen-bond acceptors (Lipinski definition) is 5. The van der Waals surface area contributed by atoms with Gasteiger partial charge in [-0.05, 0) is 75.2 Å². The molecule has 2 aliphatic heterocycles.